The molecule has 2 aromatic carbocycles. The maximum Gasteiger partial charge on any atom is 0.416 e. The van der Waals surface area contributed by atoms with Gasteiger partial charge < -0.3 is 9.88 Å². The molecule has 0 radical (unpaired) electrons. The molecule has 4 rings (SSSR count). The van der Waals surface area contributed by atoms with E-state index < -0.39 is 11.7 Å². The molecule has 29 heavy (non-hydrogen) atoms. The average Bonchev–Trinajstić information content (AvgIpc) is 3.07. The highest BCUT2D eigenvalue weighted by Crippen LogP contribution is 2.30. The Morgan fingerprint density at radius 2 is 1.66 bits per heavy atom. The van der Waals surface area contributed by atoms with E-state index in [0.717, 1.165) is 28.7 Å². The standard InChI is InChI=1S/C21H15F3N4O/c22-21(23,24)15-5-7-16(8-6-15)26-19(29)13-28-18-4-2-1-3-17(18)27-20(28)14-9-11-25-12-10-14/h1-12H,13H2,(H,26,29). The molecule has 0 fully saturated rings. The zero-order chi connectivity index (χ0) is 20.4. The van der Waals surface area contributed by atoms with Crippen molar-refractivity contribution in [2.24, 2.45) is 0 Å². The second-order valence-electron chi connectivity index (χ2n) is 6.37. The summed E-state index contributed by atoms with van der Waals surface area (Å²) in [4.78, 5) is 21.2. The van der Waals surface area contributed by atoms with Crippen molar-refractivity contribution < 1.29 is 18.0 Å². The molecular weight excluding hydrogens is 381 g/mol. The summed E-state index contributed by atoms with van der Waals surface area (Å²) in [5.41, 5.74) is 1.84. The highest BCUT2D eigenvalue weighted by molar-refractivity contribution is 5.92. The third-order valence-electron chi connectivity index (χ3n) is 4.39. The van der Waals surface area contributed by atoms with E-state index in [-0.39, 0.29) is 18.1 Å². The van der Waals surface area contributed by atoms with Crippen LogP contribution in [-0.4, -0.2) is 20.4 Å². The first-order valence-electron chi connectivity index (χ1n) is 8.74. The smallest absolute Gasteiger partial charge is 0.325 e. The number of aromatic nitrogens is 3. The fraction of sp³-hybridized carbons (Fsp3) is 0.0952. The molecule has 4 aromatic rings. The van der Waals surface area contributed by atoms with Crippen molar-refractivity contribution in [3.05, 3.63) is 78.6 Å². The monoisotopic (exact) mass is 396 g/mol. The van der Waals surface area contributed by atoms with Gasteiger partial charge in [0.1, 0.15) is 12.4 Å². The lowest BCUT2D eigenvalue weighted by Gasteiger charge is -2.11. The second-order valence-corrected chi connectivity index (χ2v) is 6.37. The van der Waals surface area contributed by atoms with Gasteiger partial charge in [0.25, 0.3) is 0 Å². The van der Waals surface area contributed by atoms with Crippen LogP contribution in [0.25, 0.3) is 22.4 Å². The largest absolute Gasteiger partial charge is 0.416 e. The van der Waals surface area contributed by atoms with E-state index in [1.807, 2.05) is 24.3 Å². The first-order valence-corrected chi connectivity index (χ1v) is 8.74. The van der Waals surface area contributed by atoms with Crippen LogP contribution in [0, 0.1) is 0 Å². The molecule has 0 aliphatic rings. The molecule has 0 atom stereocenters. The van der Waals surface area contributed by atoms with E-state index in [1.54, 1.807) is 29.1 Å². The van der Waals surface area contributed by atoms with Crippen molar-refractivity contribution >= 4 is 22.6 Å². The van der Waals surface area contributed by atoms with Crippen molar-refractivity contribution in [2.75, 3.05) is 5.32 Å². The number of hydrogen-bond acceptors (Lipinski definition) is 3. The zero-order valence-corrected chi connectivity index (χ0v) is 15.0. The Balaban J connectivity index is 1.61. The molecule has 0 saturated carbocycles. The van der Waals surface area contributed by atoms with E-state index >= 15 is 0 Å². The number of nitrogens with one attached hydrogen (secondary N) is 1. The number of anilines is 1. The van der Waals surface area contributed by atoms with Gasteiger partial charge in [0, 0.05) is 23.6 Å². The van der Waals surface area contributed by atoms with Crippen LogP contribution in [0.15, 0.2) is 73.1 Å². The molecule has 1 amide bonds. The van der Waals surface area contributed by atoms with Crippen LogP contribution in [0.4, 0.5) is 18.9 Å². The number of benzene rings is 2. The van der Waals surface area contributed by atoms with Crippen molar-refractivity contribution in [3.63, 3.8) is 0 Å². The molecule has 0 bridgehead atoms. The Morgan fingerprint density at radius 1 is 0.966 bits per heavy atom. The summed E-state index contributed by atoms with van der Waals surface area (Å²) in [6, 6.07) is 15.4. The van der Waals surface area contributed by atoms with Crippen molar-refractivity contribution in [1.82, 2.24) is 14.5 Å². The Labute approximate surface area is 163 Å². The first-order chi connectivity index (χ1) is 13.9. The predicted molar refractivity (Wildman–Crippen MR) is 103 cm³/mol. The fourth-order valence-corrected chi connectivity index (χ4v) is 3.04. The highest BCUT2D eigenvalue weighted by atomic mass is 19.4. The lowest BCUT2D eigenvalue weighted by molar-refractivity contribution is -0.137. The summed E-state index contributed by atoms with van der Waals surface area (Å²) < 4.78 is 39.8. The van der Waals surface area contributed by atoms with Crippen molar-refractivity contribution in [3.8, 4) is 11.4 Å². The molecule has 2 heterocycles. The second kappa shape index (κ2) is 7.38. The zero-order valence-electron chi connectivity index (χ0n) is 15.0. The normalized spacial score (nSPS) is 11.6. The average molecular weight is 396 g/mol. The lowest BCUT2D eigenvalue weighted by atomic mass is 10.2. The van der Waals surface area contributed by atoms with Crippen LogP contribution in [0.3, 0.4) is 0 Å². The van der Waals surface area contributed by atoms with Crippen LogP contribution in [0.2, 0.25) is 0 Å². The number of carbonyl (C=O) groups is 1. The number of para-hydroxylation sites is 2. The molecule has 2 aromatic heterocycles. The number of alkyl halides is 3. The van der Waals surface area contributed by atoms with Crippen molar-refractivity contribution in [2.45, 2.75) is 12.7 Å². The highest BCUT2D eigenvalue weighted by Gasteiger charge is 2.30. The van der Waals surface area contributed by atoms with Crippen LogP contribution in [-0.2, 0) is 17.5 Å². The van der Waals surface area contributed by atoms with E-state index in [2.05, 4.69) is 15.3 Å². The minimum absolute atomic E-state index is 0.0425. The summed E-state index contributed by atoms with van der Waals surface area (Å²) in [6.45, 7) is -0.0425. The van der Waals surface area contributed by atoms with E-state index in [1.165, 1.54) is 12.1 Å². The number of carbonyl (C=O) groups excluding carboxylic acids is 1. The van der Waals surface area contributed by atoms with Crippen LogP contribution >= 0.6 is 0 Å². The molecule has 0 aliphatic carbocycles. The van der Waals surface area contributed by atoms with Gasteiger partial charge in [-0.05, 0) is 48.5 Å². The number of halogens is 3. The van der Waals surface area contributed by atoms with Gasteiger partial charge in [-0.1, -0.05) is 12.1 Å². The number of hydrogen-bond donors (Lipinski definition) is 1. The number of imidazole rings is 1. The maximum atomic E-state index is 12.7. The van der Waals surface area contributed by atoms with Crippen LogP contribution in [0.1, 0.15) is 5.56 Å². The number of rotatable bonds is 4. The summed E-state index contributed by atoms with van der Waals surface area (Å²) in [5.74, 6) is 0.236. The van der Waals surface area contributed by atoms with Gasteiger partial charge in [0.2, 0.25) is 5.91 Å². The molecule has 0 saturated heterocycles. The van der Waals surface area contributed by atoms with Gasteiger partial charge in [-0.25, -0.2) is 4.98 Å². The maximum absolute atomic E-state index is 12.7. The molecule has 8 heteroatoms. The molecule has 5 nitrogen and oxygen atoms in total. The minimum Gasteiger partial charge on any atom is -0.325 e. The Morgan fingerprint density at radius 3 is 2.34 bits per heavy atom. The first kappa shape index (κ1) is 18.7. The molecule has 0 aliphatic heterocycles. The van der Waals surface area contributed by atoms with Gasteiger partial charge in [-0.15, -0.1) is 0 Å². The Bertz CT molecular complexity index is 1150. The molecule has 146 valence electrons. The molecular formula is C21H15F3N4O. The number of amides is 1. The molecule has 0 unspecified atom stereocenters. The lowest BCUT2D eigenvalue weighted by Crippen LogP contribution is -2.19. The topological polar surface area (TPSA) is 59.8 Å². The van der Waals surface area contributed by atoms with E-state index in [9.17, 15) is 18.0 Å². The van der Waals surface area contributed by atoms with Crippen LogP contribution in [0.5, 0.6) is 0 Å². The third-order valence-corrected chi connectivity index (χ3v) is 4.39. The quantitative estimate of drug-likeness (QED) is 0.541. The van der Waals surface area contributed by atoms with Gasteiger partial charge in [-0.3, -0.25) is 9.78 Å². The van der Waals surface area contributed by atoms with Crippen molar-refractivity contribution in [1.29, 1.82) is 0 Å². The molecule has 1 N–H and O–H groups in total. The Hall–Kier alpha value is -3.68. The SMILES string of the molecule is O=C(Cn1c(-c2ccncc2)nc2ccccc21)Nc1ccc(C(F)(F)F)cc1. The van der Waals surface area contributed by atoms with Crippen LogP contribution < -0.4 is 5.32 Å². The van der Waals surface area contributed by atoms with E-state index in [4.69, 9.17) is 0 Å². The number of pyridine rings is 1. The summed E-state index contributed by atoms with van der Waals surface area (Å²) in [7, 11) is 0. The van der Waals surface area contributed by atoms with Gasteiger partial charge in [0.15, 0.2) is 0 Å². The van der Waals surface area contributed by atoms with Gasteiger partial charge in [0.05, 0.1) is 16.6 Å². The van der Waals surface area contributed by atoms with E-state index in [0.29, 0.717) is 5.82 Å². The summed E-state index contributed by atoms with van der Waals surface area (Å²) in [5, 5.41) is 2.64. The Kier molecular flexibility index (Phi) is 4.75. The fourth-order valence-electron chi connectivity index (χ4n) is 3.04. The molecule has 0 spiro atoms. The third kappa shape index (κ3) is 3.96. The van der Waals surface area contributed by atoms with Gasteiger partial charge in [-0.2, -0.15) is 13.2 Å². The summed E-state index contributed by atoms with van der Waals surface area (Å²) in [6.07, 6.45) is -1.14. The van der Waals surface area contributed by atoms with Gasteiger partial charge >= 0.3 is 6.18 Å². The summed E-state index contributed by atoms with van der Waals surface area (Å²) >= 11 is 0. The predicted octanol–water partition coefficient (Wildman–Crippen LogP) is 4.76. The number of fused-ring (bicyclic) bond motifs is 1. The number of nitrogens with zero attached hydrogens (tertiary/aromatic N) is 3. The minimum atomic E-state index is -4.42.